The fraction of sp³-hybridized carbons (Fsp3) is 0.733. The molecule has 0 heterocycles. The monoisotopic (exact) mass is 332 g/mol. The molecular weight excluding hydrogens is 308 g/mol. The third-order valence-electron chi connectivity index (χ3n) is 3.48. The van der Waals surface area contributed by atoms with Crippen molar-refractivity contribution in [1.82, 2.24) is 0 Å². The lowest BCUT2D eigenvalue weighted by atomic mass is 9.94. The third-order valence-corrected chi connectivity index (χ3v) is 3.48. The second-order valence-electron chi connectivity index (χ2n) is 5.67. The Morgan fingerprint density at radius 2 is 1.57 bits per heavy atom. The highest BCUT2D eigenvalue weighted by molar-refractivity contribution is 5.90. The number of carbonyl (C=O) groups excluding carboxylic acids is 2. The molecule has 0 aromatic heterocycles. The fourth-order valence-electron chi connectivity index (χ4n) is 2.22. The van der Waals surface area contributed by atoms with Crippen molar-refractivity contribution in [3.63, 3.8) is 0 Å². The smallest absolute Gasteiger partial charge is 0.349 e. The number of carbonyl (C=O) groups is 4. The number of carboxylic acids is 2. The van der Waals surface area contributed by atoms with Gasteiger partial charge < -0.3 is 19.7 Å². The highest BCUT2D eigenvalue weighted by atomic mass is 16.6. The van der Waals surface area contributed by atoms with Crippen LogP contribution < -0.4 is 0 Å². The molecule has 2 N–H and O–H groups in total. The Labute approximate surface area is 134 Å². The van der Waals surface area contributed by atoms with Gasteiger partial charge in [0.05, 0.1) is 12.8 Å². The van der Waals surface area contributed by atoms with Crippen molar-refractivity contribution in [1.29, 1.82) is 0 Å². The quantitative estimate of drug-likeness (QED) is 0.579. The molecule has 2 atom stereocenters. The van der Waals surface area contributed by atoms with Crippen molar-refractivity contribution >= 4 is 23.9 Å². The minimum absolute atomic E-state index is 0.513. The van der Waals surface area contributed by atoms with Gasteiger partial charge in [0.25, 0.3) is 0 Å². The second kappa shape index (κ2) is 8.50. The molecule has 0 aliphatic heterocycles. The van der Waals surface area contributed by atoms with Gasteiger partial charge in [0.2, 0.25) is 5.60 Å². The Bertz CT molecular complexity index is 454. The van der Waals surface area contributed by atoms with Gasteiger partial charge in [-0.3, -0.25) is 14.4 Å². The molecule has 0 spiro atoms. The molecule has 23 heavy (non-hydrogen) atoms. The number of hydrogen-bond acceptors (Lipinski definition) is 6. The van der Waals surface area contributed by atoms with Gasteiger partial charge in [-0.25, -0.2) is 4.79 Å². The van der Waals surface area contributed by atoms with Crippen LogP contribution in [0.3, 0.4) is 0 Å². The summed E-state index contributed by atoms with van der Waals surface area (Å²) in [6.07, 6.45) is -0.0666. The molecule has 2 unspecified atom stereocenters. The average Bonchev–Trinajstić information content (AvgIpc) is 2.36. The maximum absolute atomic E-state index is 12.1. The van der Waals surface area contributed by atoms with E-state index in [4.69, 9.17) is 9.84 Å². The molecule has 0 rings (SSSR count). The van der Waals surface area contributed by atoms with Crippen molar-refractivity contribution in [2.45, 2.75) is 71.0 Å². The molecule has 8 nitrogen and oxygen atoms in total. The average molecular weight is 332 g/mol. The first-order valence-corrected chi connectivity index (χ1v) is 7.37. The van der Waals surface area contributed by atoms with E-state index in [2.05, 4.69) is 4.74 Å². The Hall–Kier alpha value is -2.12. The van der Waals surface area contributed by atoms with Crippen LogP contribution in [0.1, 0.15) is 59.8 Å². The first-order valence-electron chi connectivity index (χ1n) is 7.37. The topological polar surface area (TPSA) is 127 Å². The van der Waals surface area contributed by atoms with Gasteiger partial charge >= 0.3 is 23.9 Å². The van der Waals surface area contributed by atoms with Gasteiger partial charge in [0.15, 0.2) is 0 Å². The predicted molar refractivity (Wildman–Crippen MR) is 78.7 cm³/mol. The van der Waals surface area contributed by atoms with Gasteiger partial charge in [0.1, 0.15) is 5.60 Å². The van der Waals surface area contributed by atoms with Crippen LogP contribution in [-0.2, 0) is 28.7 Å². The zero-order valence-electron chi connectivity index (χ0n) is 13.9. The highest BCUT2D eigenvalue weighted by Crippen LogP contribution is 2.27. The van der Waals surface area contributed by atoms with E-state index in [1.165, 1.54) is 0 Å². The Morgan fingerprint density at radius 1 is 1.00 bits per heavy atom. The van der Waals surface area contributed by atoms with Crippen LogP contribution in [0.4, 0.5) is 0 Å². The molecule has 0 saturated carbocycles. The molecule has 0 radical (unpaired) electrons. The van der Waals surface area contributed by atoms with Gasteiger partial charge in [0, 0.05) is 6.92 Å². The summed E-state index contributed by atoms with van der Waals surface area (Å²) < 4.78 is 9.98. The summed E-state index contributed by atoms with van der Waals surface area (Å²) in [5.74, 6) is -5.13. The number of carboxylic acid groups (broad SMARTS) is 2. The molecule has 0 aromatic rings. The minimum atomic E-state index is -2.48. The molecule has 8 heteroatoms. The maximum Gasteiger partial charge on any atom is 0.349 e. The largest absolute Gasteiger partial charge is 0.481 e. The van der Waals surface area contributed by atoms with E-state index in [1.54, 1.807) is 6.92 Å². The Morgan fingerprint density at radius 3 is 1.91 bits per heavy atom. The van der Waals surface area contributed by atoms with E-state index in [9.17, 15) is 24.3 Å². The highest BCUT2D eigenvalue weighted by Gasteiger charge is 2.47. The van der Waals surface area contributed by atoms with Crippen molar-refractivity contribution in [3.05, 3.63) is 0 Å². The van der Waals surface area contributed by atoms with Crippen LogP contribution in [0.25, 0.3) is 0 Å². The Kier molecular flexibility index (Phi) is 7.71. The van der Waals surface area contributed by atoms with Crippen LogP contribution in [0.2, 0.25) is 0 Å². The van der Waals surface area contributed by atoms with E-state index in [1.807, 2.05) is 13.8 Å². The molecule has 0 amide bonds. The summed E-state index contributed by atoms with van der Waals surface area (Å²) in [7, 11) is 0. The first kappa shape index (κ1) is 20.9. The summed E-state index contributed by atoms with van der Waals surface area (Å²) in [6.45, 7) is 6.38. The standard InChI is InChI=1S/C15H24O8/c1-5-7-14(4,6-2)23-12(19)9-15(13(20)21,8-11(17)18)22-10(3)16/h5-9H2,1-4H3,(H,17,18)(H,20,21). The molecule has 132 valence electrons. The lowest BCUT2D eigenvalue weighted by molar-refractivity contribution is -0.188. The van der Waals surface area contributed by atoms with Crippen LogP contribution in [0.15, 0.2) is 0 Å². The SMILES string of the molecule is CCCC(C)(CC)OC(=O)CC(CC(=O)O)(OC(C)=O)C(=O)O. The van der Waals surface area contributed by atoms with E-state index >= 15 is 0 Å². The lowest BCUT2D eigenvalue weighted by Gasteiger charge is -2.31. The molecule has 0 fully saturated rings. The van der Waals surface area contributed by atoms with E-state index in [0.717, 1.165) is 13.3 Å². The van der Waals surface area contributed by atoms with Crippen LogP contribution >= 0.6 is 0 Å². The van der Waals surface area contributed by atoms with Crippen molar-refractivity contribution in [2.75, 3.05) is 0 Å². The molecule has 0 aliphatic carbocycles. The summed E-state index contributed by atoms with van der Waals surface area (Å²) in [4.78, 5) is 45.6. The third kappa shape index (κ3) is 6.66. The number of rotatable bonds is 10. The number of ether oxygens (including phenoxy) is 2. The molecule has 0 aromatic carbocycles. The fourth-order valence-corrected chi connectivity index (χ4v) is 2.22. The first-order chi connectivity index (χ1) is 10.5. The summed E-state index contributed by atoms with van der Waals surface area (Å²) >= 11 is 0. The summed E-state index contributed by atoms with van der Waals surface area (Å²) in [5, 5.41) is 18.2. The molecule has 0 saturated heterocycles. The Balaban J connectivity index is 5.35. The molecular formula is C15H24O8. The maximum atomic E-state index is 12.1. The van der Waals surface area contributed by atoms with Crippen LogP contribution in [0, 0.1) is 0 Å². The number of hydrogen-bond donors (Lipinski definition) is 2. The number of aliphatic carboxylic acids is 2. The van der Waals surface area contributed by atoms with Crippen molar-refractivity contribution in [3.8, 4) is 0 Å². The van der Waals surface area contributed by atoms with Crippen LogP contribution in [0.5, 0.6) is 0 Å². The van der Waals surface area contributed by atoms with Gasteiger partial charge in [-0.05, 0) is 19.8 Å². The summed E-state index contributed by atoms with van der Waals surface area (Å²) in [6, 6.07) is 0. The lowest BCUT2D eigenvalue weighted by Crippen LogP contribution is -2.48. The zero-order chi connectivity index (χ0) is 18.3. The zero-order valence-corrected chi connectivity index (χ0v) is 13.9. The van der Waals surface area contributed by atoms with Gasteiger partial charge in [-0.1, -0.05) is 20.3 Å². The van der Waals surface area contributed by atoms with E-state index in [-0.39, 0.29) is 0 Å². The van der Waals surface area contributed by atoms with Crippen molar-refractivity contribution < 1.29 is 38.9 Å². The van der Waals surface area contributed by atoms with E-state index in [0.29, 0.717) is 12.8 Å². The minimum Gasteiger partial charge on any atom is -0.481 e. The molecule has 0 aliphatic rings. The van der Waals surface area contributed by atoms with E-state index < -0.39 is 47.9 Å². The van der Waals surface area contributed by atoms with Gasteiger partial charge in [-0.2, -0.15) is 0 Å². The second-order valence-corrected chi connectivity index (χ2v) is 5.67. The number of esters is 2. The van der Waals surface area contributed by atoms with Gasteiger partial charge in [-0.15, -0.1) is 0 Å². The molecule has 0 bridgehead atoms. The predicted octanol–water partition coefficient (Wildman–Crippen LogP) is 1.75. The van der Waals surface area contributed by atoms with Crippen molar-refractivity contribution in [2.24, 2.45) is 0 Å². The van der Waals surface area contributed by atoms with Crippen LogP contribution in [-0.4, -0.2) is 45.3 Å². The summed E-state index contributed by atoms with van der Waals surface area (Å²) in [5.41, 5.74) is -3.26. The normalized spacial score (nSPS) is 15.8.